The van der Waals surface area contributed by atoms with Gasteiger partial charge in [-0.25, -0.2) is 4.68 Å². The molecule has 1 aliphatic heterocycles. The van der Waals surface area contributed by atoms with E-state index >= 15 is 0 Å². The number of benzene rings is 2. The van der Waals surface area contributed by atoms with Gasteiger partial charge in [0.25, 0.3) is 16.7 Å². The van der Waals surface area contributed by atoms with Gasteiger partial charge in [-0.15, -0.1) is 0 Å². The minimum Gasteiger partial charge on any atom is -0.504 e. The topological polar surface area (TPSA) is 123 Å². The number of imide groups is 1. The largest absolute Gasteiger partial charge is 0.504 e. The van der Waals surface area contributed by atoms with Crippen LogP contribution in [-0.4, -0.2) is 50.1 Å². The smallest absolute Gasteiger partial charge is 0.295 e. The summed E-state index contributed by atoms with van der Waals surface area (Å²) in [6.07, 6.45) is 1.48. The van der Waals surface area contributed by atoms with Gasteiger partial charge in [0.05, 0.1) is 23.4 Å². The number of rotatable bonds is 6. The fourth-order valence-electron chi connectivity index (χ4n) is 3.61. The SMILES string of the molecule is COc1cc(/C=C2/SC(=O)N(CC(=O)Nc3c(C)n(C)n(-c4ccccc4)c3=O)C2=O)ccc1O. The number of para-hydroxylation sites is 1. The van der Waals surface area contributed by atoms with Crippen molar-refractivity contribution < 1.29 is 24.2 Å². The zero-order valence-electron chi connectivity index (χ0n) is 19.1. The highest BCUT2D eigenvalue weighted by Crippen LogP contribution is 2.34. The normalized spacial score (nSPS) is 14.6. The Morgan fingerprint density at radius 2 is 1.86 bits per heavy atom. The summed E-state index contributed by atoms with van der Waals surface area (Å²) in [5, 5.41) is 11.7. The van der Waals surface area contributed by atoms with Crippen molar-refractivity contribution in [2.45, 2.75) is 6.92 Å². The molecular formula is C24H22N4O6S. The molecule has 0 radical (unpaired) electrons. The highest BCUT2D eigenvalue weighted by Gasteiger charge is 2.36. The number of anilines is 1. The number of thioether (sulfide) groups is 1. The minimum atomic E-state index is -0.675. The van der Waals surface area contributed by atoms with Crippen molar-refractivity contribution in [3.8, 4) is 17.2 Å². The zero-order chi connectivity index (χ0) is 25.3. The van der Waals surface area contributed by atoms with Gasteiger partial charge in [0.1, 0.15) is 12.2 Å². The first-order valence-corrected chi connectivity index (χ1v) is 11.3. The molecular weight excluding hydrogens is 472 g/mol. The number of hydrogen-bond donors (Lipinski definition) is 2. The molecule has 2 N–H and O–H groups in total. The third kappa shape index (κ3) is 4.58. The number of phenols is 1. The fraction of sp³-hybridized carbons (Fsp3) is 0.167. The fourth-order valence-corrected chi connectivity index (χ4v) is 4.44. The van der Waals surface area contributed by atoms with Gasteiger partial charge in [0, 0.05) is 7.05 Å². The Kier molecular flexibility index (Phi) is 6.52. The van der Waals surface area contributed by atoms with Gasteiger partial charge in [0.2, 0.25) is 5.91 Å². The average molecular weight is 495 g/mol. The van der Waals surface area contributed by atoms with E-state index in [2.05, 4.69) is 5.32 Å². The van der Waals surface area contributed by atoms with Gasteiger partial charge >= 0.3 is 0 Å². The number of ether oxygens (including phenoxy) is 1. The third-order valence-corrected chi connectivity index (χ3v) is 6.40. The number of methoxy groups -OCH3 is 1. The zero-order valence-corrected chi connectivity index (χ0v) is 20.0. The first-order valence-electron chi connectivity index (χ1n) is 10.5. The predicted octanol–water partition coefficient (Wildman–Crippen LogP) is 2.87. The quantitative estimate of drug-likeness (QED) is 0.505. The molecule has 2 heterocycles. The summed E-state index contributed by atoms with van der Waals surface area (Å²) in [6.45, 7) is 1.14. The molecule has 1 aromatic heterocycles. The van der Waals surface area contributed by atoms with Crippen LogP contribution >= 0.6 is 11.8 Å². The minimum absolute atomic E-state index is 0.0584. The van der Waals surface area contributed by atoms with Crippen molar-refractivity contribution in [2.75, 3.05) is 19.0 Å². The van der Waals surface area contributed by atoms with Crippen molar-refractivity contribution in [3.05, 3.63) is 75.0 Å². The monoisotopic (exact) mass is 494 g/mol. The Bertz CT molecular complexity index is 1420. The summed E-state index contributed by atoms with van der Waals surface area (Å²) in [4.78, 5) is 51.9. The summed E-state index contributed by atoms with van der Waals surface area (Å²) in [7, 11) is 3.09. The molecule has 3 amide bonds. The molecule has 1 aliphatic rings. The third-order valence-electron chi connectivity index (χ3n) is 5.50. The molecule has 10 nitrogen and oxygen atoms in total. The Morgan fingerprint density at radius 3 is 2.54 bits per heavy atom. The molecule has 35 heavy (non-hydrogen) atoms. The molecule has 0 atom stereocenters. The number of aromatic nitrogens is 2. The van der Waals surface area contributed by atoms with E-state index in [1.54, 1.807) is 49.0 Å². The van der Waals surface area contributed by atoms with E-state index in [0.717, 1.165) is 4.90 Å². The summed E-state index contributed by atoms with van der Waals surface area (Å²) in [5.41, 5.74) is 1.32. The van der Waals surface area contributed by atoms with Crippen LogP contribution in [0.4, 0.5) is 10.5 Å². The van der Waals surface area contributed by atoms with Crippen molar-refractivity contribution in [1.82, 2.24) is 14.3 Å². The second kappa shape index (κ2) is 9.55. The van der Waals surface area contributed by atoms with E-state index in [1.807, 2.05) is 6.07 Å². The van der Waals surface area contributed by atoms with E-state index in [9.17, 15) is 24.3 Å². The number of phenolic OH excluding ortho intramolecular Hbond substituents is 1. The van der Waals surface area contributed by atoms with Crippen LogP contribution in [0.15, 0.2) is 58.2 Å². The second-order valence-corrected chi connectivity index (χ2v) is 8.68. The van der Waals surface area contributed by atoms with E-state index < -0.39 is 29.2 Å². The first kappa shape index (κ1) is 23.9. The number of carbonyl (C=O) groups is 3. The van der Waals surface area contributed by atoms with Gasteiger partial charge in [-0.05, 0) is 54.6 Å². The Balaban J connectivity index is 1.52. The van der Waals surface area contributed by atoms with Crippen molar-refractivity contribution in [1.29, 1.82) is 0 Å². The molecule has 0 saturated carbocycles. The molecule has 0 unspecified atom stereocenters. The molecule has 3 aromatic rings. The molecule has 180 valence electrons. The molecule has 4 rings (SSSR count). The van der Waals surface area contributed by atoms with Crippen LogP contribution in [0.3, 0.4) is 0 Å². The molecule has 11 heteroatoms. The maximum absolute atomic E-state index is 13.0. The van der Waals surface area contributed by atoms with Crippen molar-refractivity contribution >= 4 is 40.6 Å². The number of aromatic hydroxyl groups is 1. The lowest BCUT2D eigenvalue weighted by atomic mass is 10.2. The van der Waals surface area contributed by atoms with E-state index in [0.29, 0.717) is 28.7 Å². The van der Waals surface area contributed by atoms with Crippen molar-refractivity contribution in [2.24, 2.45) is 7.05 Å². The lowest BCUT2D eigenvalue weighted by Crippen LogP contribution is -2.37. The Hall–Kier alpha value is -4.25. The van der Waals surface area contributed by atoms with E-state index in [-0.39, 0.29) is 22.1 Å². The highest BCUT2D eigenvalue weighted by atomic mass is 32.2. The van der Waals surface area contributed by atoms with Crippen LogP contribution < -0.4 is 15.6 Å². The lowest BCUT2D eigenvalue weighted by Gasteiger charge is -2.12. The maximum atomic E-state index is 13.0. The number of nitrogens with zero attached hydrogens (tertiary/aromatic N) is 3. The van der Waals surface area contributed by atoms with E-state index in [1.165, 1.54) is 30.0 Å². The molecule has 1 fully saturated rings. The van der Waals surface area contributed by atoms with Crippen LogP contribution in [0.1, 0.15) is 11.3 Å². The van der Waals surface area contributed by atoms with Gasteiger partial charge in [-0.2, -0.15) is 0 Å². The lowest BCUT2D eigenvalue weighted by molar-refractivity contribution is -0.127. The number of amides is 3. The van der Waals surface area contributed by atoms with Crippen LogP contribution in [0, 0.1) is 6.92 Å². The van der Waals surface area contributed by atoms with E-state index in [4.69, 9.17) is 4.74 Å². The number of nitrogens with one attached hydrogen (secondary N) is 1. The molecule has 0 bridgehead atoms. The summed E-state index contributed by atoms with van der Waals surface area (Å²) < 4.78 is 8.09. The average Bonchev–Trinajstić information content (AvgIpc) is 3.22. The molecule has 0 spiro atoms. The molecule has 1 saturated heterocycles. The number of hydrogen-bond acceptors (Lipinski definition) is 7. The van der Waals surface area contributed by atoms with Crippen molar-refractivity contribution in [3.63, 3.8) is 0 Å². The highest BCUT2D eigenvalue weighted by molar-refractivity contribution is 8.18. The molecule has 0 aliphatic carbocycles. The van der Waals surface area contributed by atoms with Gasteiger partial charge < -0.3 is 15.2 Å². The van der Waals surface area contributed by atoms with Gasteiger partial charge in [-0.1, -0.05) is 24.3 Å². The first-order chi connectivity index (χ1) is 16.7. The predicted molar refractivity (Wildman–Crippen MR) is 132 cm³/mol. The van der Waals surface area contributed by atoms with Crippen LogP contribution in [0.5, 0.6) is 11.5 Å². The van der Waals surface area contributed by atoms with Crippen LogP contribution in [0.2, 0.25) is 0 Å². The summed E-state index contributed by atoms with van der Waals surface area (Å²) in [5.74, 6) is -1.15. The van der Waals surface area contributed by atoms with Crippen LogP contribution in [0.25, 0.3) is 11.8 Å². The standard InChI is InChI=1S/C24H22N4O6S/c1-14-21(23(32)28(26(14)2)16-7-5-4-6-8-16)25-20(30)13-27-22(31)19(35-24(27)33)12-15-9-10-17(29)18(11-15)34-3/h4-12,29H,13H2,1-3H3,(H,25,30)/b19-12+. The second-order valence-electron chi connectivity index (χ2n) is 7.68. The summed E-state index contributed by atoms with van der Waals surface area (Å²) >= 11 is 0.698. The summed E-state index contributed by atoms with van der Waals surface area (Å²) in [6, 6.07) is 13.4. The van der Waals surface area contributed by atoms with Gasteiger partial charge in [0.15, 0.2) is 11.5 Å². The van der Waals surface area contributed by atoms with Gasteiger partial charge in [-0.3, -0.25) is 28.8 Å². The van der Waals surface area contributed by atoms with Crippen LogP contribution in [-0.2, 0) is 16.6 Å². The maximum Gasteiger partial charge on any atom is 0.295 e. The number of carbonyl (C=O) groups excluding carboxylic acids is 3. The Labute approximate surface area is 204 Å². The molecule has 2 aromatic carbocycles. The Morgan fingerprint density at radius 1 is 1.14 bits per heavy atom.